The fraction of sp³-hybridized carbons (Fsp3) is 0.125. The molecule has 6 nitrogen and oxygen atoms in total. The maximum absolute atomic E-state index is 13.9. The highest BCUT2D eigenvalue weighted by atomic mass is 32.2. The predicted octanol–water partition coefficient (Wildman–Crippen LogP) is 2.44. The largest absolute Gasteiger partial charge is 0.506 e. The molecule has 2 aromatic carbocycles. The lowest BCUT2D eigenvalue weighted by molar-refractivity contribution is 0.392. The van der Waals surface area contributed by atoms with E-state index in [2.05, 4.69) is 0 Å². The van der Waals surface area contributed by atoms with Gasteiger partial charge in [-0.2, -0.15) is 8.42 Å². The Balaban J connectivity index is 1.90. The summed E-state index contributed by atoms with van der Waals surface area (Å²) in [7, 11) is -3.97. The monoisotopic (exact) mass is 350 g/mol. The van der Waals surface area contributed by atoms with Gasteiger partial charge in [0, 0.05) is 6.42 Å². The van der Waals surface area contributed by atoms with Crippen LogP contribution in [0, 0.1) is 12.7 Å². The highest BCUT2D eigenvalue weighted by molar-refractivity contribution is 7.91. The zero-order chi connectivity index (χ0) is 17.5. The number of aryl methyl sites for hydroxylation is 1. The van der Waals surface area contributed by atoms with Gasteiger partial charge in [0.25, 0.3) is 0 Å². The first-order valence-corrected chi connectivity index (χ1v) is 8.50. The molecule has 0 spiro atoms. The maximum Gasteiger partial charge on any atom is 0.330 e. The van der Waals surface area contributed by atoms with Gasteiger partial charge in [0.1, 0.15) is 17.3 Å². The molecular formula is C16H15FN2O4S. The van der Waals surface area contributed by atoms with Crippen LogP contribution in [0.2, 0.25) is 0 Å². The third-order valence-electron chi connectivity index (χ3n) is 3.61. The first kappa shape index (κ1) is 16.1. The molecule has 0 aliphatic carbocycles. The van der Waals surface area contributed by atoms with Crippen LogP contribution in [0.5, 0.6) is 5.75 Å². The van der Waals surface area contributed by atoms with E-state index >= 15 is 0 Å². The zero-order valence-electron chi connectivity index (χ0n) is 12.7. The summed E-state index contributed by atoms with van der Waals surface area (Å²) in [6, 6.07) is 9.25. The van der Waals surface area contributed by atoms with Crippen LogP contribution in [0.1, 0.15) is 16.7 Å². The quantitative estimate of drug-likeness (QED) is 0.793. The molecule has 126 valence electrons. The number of hydrogen-bond acceptors (Lipinski definition) is 4. The normalized spacial score (nSPS) is 15.9. The maximum atomic E-state index is 13.9. The van der Waals surface area contributed by atoms with E-state index in [-0.39, 0.29) is 23.7 Å². The van der Waals surface area contributed by atoms with E-state index in [9.17, 15) is 23.0 Å². The average Bonchev–Trinajstić information content (AvgIpc) is 2.75. The van der Waals surface area contributed by atoms with Crippen molar-refractivity contribution in [1.82, 2.24) is 4.72 Å². The second-order valence-corrected chi connectivity index (χ2v) is 7.06. The molecule has 0 radical (unpaired) electrons. The Hall–Kier alpha value is -2.74. The third kappa shape index (κ3) is 3.00. The van der Waals surface area contributed by atoms with Crippen LogP contribution >= 0.6 is 0 Å². The molecule has 0 amide bonds. The smallest absolute Gasteiger partial charge is 0.330 e. The lowest BCUT2D eigenvalue weighted by Gasteiger charge is -2.16. The van der Waals surface area contributed by atoms with Gasteiger partial charge in [-0.1, -0.05) is 18.2 Å². The number of halogens is 1. The van der Waals surface area contributed by atoms with Crippen LogP contribution in [0.25, 0.3) is 0 Å². The van der Waals surface area contributed by atoms with Crippen molar-refractivity contribution in [3.05, 3.63) is 71.0 Å². The van der Waals surface area contributed by atoms with Gasteiger partial charge in [-0.15, -0.1) is 0 Å². The second kappa shape index (κ2) is 5.72. The Morgan fingerprint density at radius 2 is 1.92 bits per heavy atom. The van der Waals surface area contributed by atoms with E-state index in [4.69, 9.17) is 0 Å². The second-order valence-electron chi connectivity index (χ2n) is 5.51. The fourth-order valence-electron chi connectivity index (χ4n) is 2.47. The number of nitrogens with one attached hydrogen (secondary N) is 1. The predicted molar refractivity (Wildman–Crippen MR) is 87.3 cm³/mol. The molecular weight excluding hydrogens is 335 g/mol. The van der Waals surface area contributed by atoms with Crippen molar-refractivity contribution in [3.63, 3.8) is 0 Å². The van der Waals surface area contributed by atoms with Gasteiger partial charge < -0.3 is 10.2 Å². The van der Waals surface area contributed by atoms with E-state index in [1.165, 1.54) is 18.2 Å². The molecule has 0 saturated carbocycles. The van der Waals surface area contributed by atoms with Crippen LogP contribution < -0.4 is 9.03 Å². The molecule has 1 aliphatic rings. The minimum atomic E-state index is -3.97. The highest BCUT2D eigenvalue weighted by Gasteiger charge is 2.30. The lowest BCUT2D eigenvalue weighted by atomic mass is 10.0. The van der Waals surface area contributed by atoms with Gasteiger partial charge in [-0.3, -0.25) is 0 Å². The Bertz CT molecular complexity index is 941. The van der Waals surface area contributed by atoms with Crippen molar-refractivity contribution in [2.45, 2.75) is 13.3 Å². The third-order valence-corrected chi connectivity index (χ3v) is 4.90. The molecule has 2 aromatic rings. The molecule has 0 bridgehead atoms. The van der Waals surface area contributed by atoms with Gasteiger partial charge >= 0.3 is 10.2 Å². The number of anilines is 1. The SMILES string of the molecule is Cc1ccc(Cc2ccc(N3C=C(O)NS3(=O)=O)c(O)c2)c(F)c1. The topological polar surface area (TPSA) is 89.9 Å². The molecule has 0 atom stereocenters. The number of nitrogens with zero attached hydrogens (tertiary/aromatic N) is 1. The number of aliphatic hydroxyl groups is 1. The molecule has 8 heteroatoms. The van der Waals surface area contributed by atoms with Crippen molar-refractivity contribution in [2.75, 3.05) is 4.31 Å². The van der Waals surface area contributed by atoms with E-state index in [0.29, 0.717) is 11.1 Å². The first-order valence-electron chi connectivity index (χ1n) is 7.06. The van der Waals surface area contributed by atoms with Gasteiger partial charge in [-0.25, -0.2) is 13.4 Å². The number of hydrogen-bond donors (Lipinski definition) is 3. The summed E-state index contributed by atoms with van der Waals surface area (Å²) < 4.78 is 40.2. The van der Waals surface area contributed by atoms with E-state index in [1.807, 2.05) is 4.72 Å². The molecule has 3 N–H and O–H groups in total. The molecule has 3 rings (SSSR count). The molecule has 0 fully saturated rings. The minimum Gasteiger partial charge on any atom is -0.506 e. The fourth-order valence-corrected chi connectivity index (χ4v) is 3.54. The van der Waals surface area contributed by atoms with Gasteiger partial charge in [0.05, 0.1) is 6.20 Å². The Morgan fingerprint density at radius 3 is 2.50 bits per heavy atom. The Labute approximate surface area is 138 Å². The Kier molecular flexibility index (Phi) is 3.84. The molecule has 1 heterocycles. The number of benzene rings is 2. The van der Waals surface area contributed by atoms with Crippen LogP contribution in [0.3, 0.4) is 0 Å². The van der Waals surface area contributed by atoms with Gasteiger partial charge in [0.2, 0.25) is 5.88 Å². The van der Waals surface area contributed by atoms with Crippen LogP contribution in [0.15, 0.2) is 48.5 Å². The first-order chi connectivity index (χ1) is 11.3. The van der Waals surface area contributed by atoms with Crippen LogP contribution in [-0.2, 0) is 16.6 Å². The van der Waals surface area contributed by atoms with Crippen molar-refractivity contribution >= 4 is 15.9 Å². The van der Waals surface area contributed by atoms with Crippen molar-refractivity contribution in [3.8, 4) is 5.75 Å². The number of rotatable bonds is 3. The summed E-state index contributed by atoms with van der Waals surface area (Å²) in [6.45, 7) is 1.79. The highest BCUT2D eigenvalue weighted by Crippen LogP contribution is 2.33. The van der Waals surface area contributed by atoms with Crippen molar-refractivity contribution in [2.24, 2.45) is 0 Å². The summed E-state index contributed by atoms with van der Waals surface area (Å²) in [5.41, 5.74) is 1.89. The average molecular weight is 350 g/mol. The summed E-state index contributed by atoms with van der Waals surface area (Å²) in [6.07, 6.45) is 1.20. The van der Waals surface area contributed by atoms with E-state index in [0.717, 1.165) is 16.1 Å². The summed E-state index contributed by atoms with van der Waals surface area (Å²) in [4.78, 5) is 0. The lowest BCUT2D eigenvalue weighted by Crippen LogP contribution is -2.29. The van der Waals surface area contributed by atoms with Crippen LogP contribution in [-0.4, -0.2) is 18.6 Å². The summed E-state index contributed by atoms with van der Waals surface area (Å²) >= 11 is 0. The number of aliphatic hydroxyl groups excluding tert-OH is 1. The standard InChI is InChI=1S/C16H15FN2O4S/c1-10-2-4-12(13(17)6-10)7-11-3-5-14(15(20)8-11)19-9-16(21)18-24(19,22)23/h2-6,8-9,18,20-21H,7H2,1H3. The van der Waals surface area contributed by atoms with E-state index < -0.39 is 16.1 Å². The van der Waals surface area contributed by atoms with E-state index in [1.54, 1.807) is 25.1 Å². The molecule has 0 unspecified atom stereocenters. The van der Waals surface area contributed by atoms with Gasteiger partial charge in [-0.05, 0) is 41.8 Å². The molecule has 24 heavy (non-hydrogen) atoms. The summed E-state index contributed by atoms with van der Waals surface area (Å²) in [5, 5.41) is 19.4. The number of phenolic OH excluding ortho intramolecular Hbond substituents is 1. The number of phenols is 1. The van der Waals surface area contributed by atoms with Crippen LogP contribution in [0.4, 0.5) is 10.1 Å². The minimum absolute atomic E-state index is 0.0142. The summed E-state index contributed by atoms with van der Waals surface area (Å²) in [5.74, 6) is -1.17. The van der Waals surface area contributed by atoms with Crippen molar-refractivity contribution in [1.29, 1.82) is 0 Å². The number of aromatic hydroxyl groups is 1. The molecule has 1 aliphatic heterocycles. The zero-order valence-corrected chi connectivity index (χ0v) is 13.5. The molecule has 0 aromatic heterocycles. The van der Waals surface area contributed by atoms with Crippen molar-refractivity contribution < 1.29 is 23.0 Å². The Morgan fingerprint density at radius 1 is 1.17 bits per heavy atom. The molecule has 0 saturated heterocycles. The van der Waals surface area contributed by atoms with Gasteiger partial charge in [0.15, 0.2) is 0 Å².